The highest BCUT2D eigenvalue weighted by Gasteiger charge is 2.28. The number of hydrogen-bond donors (Lipinski definition) is 2. The molecule has 4 heteroatoms. The number of amides is 1. The van der Waals surface area contributed by atoms with Gasteiger partial charge in [-0.15, -0.1) is 0 Å². The Balaban J connectivity index is 2.42. The molecule has 1 unspecified atom stereocenters. The third kappa shape index (κ3) is 3.80. The first kappa shape index (κ1) is 12.5. The van der Waals surface area contributed by atoms with Gasteiger partial charge in [-0.1, -0.05) is 0 Å². The van der Waals surface area contributed by atoms with E-state index in [2.05, 4.69) is 0 Å². The zero-order valence-corrected chi connectivity index (χ0v) is 9.48. The van der Waals surface area contributed by atoms with E-state index in [0.29, 0.717) is 25.4 Å². The number of hydrogen-bond acceptors (Lipinski definition) is 3. The second-order valence-corrected chi connectivity index (χ2v) is 4.43. The Morgan fingerprint density at radius 1 is 1.60 bits per heavy atom. The van der Waals surface area contributed by atoms with Gasteiger partial charge in [-0.3, -0.25) is 4.79 Å². The maximum atomic E-state index is 11.9. The number of nitrogens with zero attached hydrogens (tertiary/aromatic N) is 1. The van der Waals surface area contributed by atoms with Gasteiger partial charge in [-0.05, 0) is 32.6 Å². The van der Waals surface area contributed by atoms with Crippen molar-refractivity contribution in [2.24, 2.45) is 5.73 Å². The molecule has 0 heterocycles. The van der Waals surface area contributed by atoms with Gasteiger partial charge in [0.1, 0.15) is 0 Å². The largest absolute Gasteiger partial charge is 0.396 e. The Labute approximate surface area is 91.4 Å². The van der Waals surface area contributed by atoms with E-state index < -0.39 is 0 Å². The molecule has 1 rings (SSSR count). The van der Waals surface area contributed by atoms with Gasteiger partial charge in [0.25, 0.3) is 0 Å². The van der Waals surface area contributed by atoms with Gasteiger partial charge in [0.05, 0.1) is 0 Å². The van der Waals surface area contributed by atoms with E-state index in [1.54, 1.807) is 0 Å². The first-order valence-electron chi connectivity index (χ1n) is 5.81. The molecule has 0 aliphatic heterocycles. The summed E-state index contributed by atoms with van der Waals surface area (Å²) in [6.45, 7) is 2.67. The fourth-order valence-electron chi connectivity index (χ4n) is 1.84. The summed E-state index contributed by atoms with van der Waals surface area (Å²) < 4.78 is 0. The van der Waals surface area contributed by atoms with Gasteiger partial charge < -0.3 is 15.7 Å². The Bertz CT molecular complexity index is 203. The van der Waals surface area contributed by atoms with E-state index >= 15 is 0 Å². The van der Waals surface area contributed by atoms with Crippen LogP contribution < -0.4 is 5.73 Å². The molecule has 0 saturated heterocycles. The maximum Gasteiger partial charge on any atom is 0.224 e. The fraction of sp³-hybridized carbons (Fsp3) is 0.909. The average Bonchev–Trinajstić information content (AvgIpc) is 2.07. The monoisotopic (exact) mass is 214 g/mol. The highest BCUT2D eigenvalue weighted by molar-refractivity contribution is 5.77. The Hall–Kier alpha value is -0.610. The number of nitrogens with two attached hydrogens (primary N) is 1. The van der Waals surface area contributed by atoms with Crippen molar-refractivity contribution in [1.82, 2.24) is 4.90 Å². The minimum atomic E-state index is -0.0748. The number of rotatable bonds is 6. The lowest BCUT2D eigenvalue weighted by Gasteiger charge is -2.38. The molecule has 0 radical (unpaired) electrons. The molecule has 88 valence electrons. The summed E-state index contributed by atoms with van der Waals surface area (Å²) in [6, 6.07) is 0.331. The molecule has 1 aliphatic carbocycles. The van der Waals surface area contributed by atoms with Gasteiger partial charge in [0.2, 0.25) is 5.91 Å². The van der Waals surface area contributed by atoms with E-state index in [-0.39, 0.29) is 18.6 Å². The SMILES string of the molecule is CC(N)CC(=O)N(CCCO)C1CCC1. The van der Waals surface area contributed by atoms with Crippen molar-refractivity contribution >= 4 is 5.91 Å². The van der Waals surface area contributed by atoms with Crippen LogP contribution in [0.4, 0.5) is 0 Å². The second-order valence-electron chi connectivity index (χ2n) is 4.43. The van der Waals surface area contributed by atoms with Crippen LogP contribution in [0.15, 0.2) is 0 Å². The molecule has 1 aliphatic rings. The molecule has 4 nitrogen and oxygen atoms in total. The summed E-state index contributed by atoms with van der Waals surface area (Å²) in [5.41, 5.74) is 5.62. The third-order valence-corrected chi connectivity index (χ3v) is 2.89. The predicted octanol–water partition coefficient (Wildman–Crippen LogP) is 0.487. The van der Waals surface area contributed by atoms with Crippen LogP contribution in [-0.2, 0) is 4.79 Å². The highest BCUT2D eigenvalue weighted by atomic mass is 16.3. The van der Waals surface area contributed by atoms with Crippen molar-refractivity contribution in [3.05, 3.63) is 0 Å². The van der Waals surface area contributed by atoms with E-state index in [0.717, 1.165) is 12.8 Å². The van der Waals surface area contributed by atoms with Gasteiger partial charge in [-0.2, -0.15) is 0 Å². The van der Waals surface area contributed by atoms with E-state index in [4.69, 9.17) is 10.8 Å². The molecule has 1 amide bonds. The first-order chi connectivity index (χ1) is 7.15. The van der Waals surface area contributed by atoms with Crippen LogP contribution in [0.5, 0.6) is 0 Å². The van der Waals surface area contributed by atoms with E-state index in [1.807, 2.05) is 11.8 Å². The fourth-order valence-corrected chi connectivity index (χ4v) is 1.84. The molecule has 15 heavy (non-hydrogen) atoms. The molecular formula is C11H22N2O2. The number of carbonyl (C=O) groups excluding carboxylic acids is 1. The quantitative estimate of drug-likeness (QED) is 0.676. The molecule has 1 saturated carbocycles. The Morgan fingerprint density at radius 2 is 2.27 bits per heavy atom. The van der Waals surface area contributed by atoms with Crippen LogP contribution in [0, 0.1) is 0 Å². The highest BCUT2D eigenvalue weighted by Crippen LogP contribution is 2.25. The third-order valence-electron chi connectivity index (χ3n) is 2.89. The summed E-state index contributed by atoms with van der Waals surface area (Å²) in [5.74, 6) is 0.142. The van der Waals surface area contributed by atoms with Crippen molar-refractivity contribution in [2.45, 2.75) is 51.1 Å². The lowest BCUT2D eigenvalue weighted by atomic mass is 9.91. The van der Waals surface area contributed by atoms with Crippen molar-refractivity contribution in [1.29, 1.82) is 0 Å². The minimum absolute atomic E-state index is 0.0748. The van der Waals surface area contributed by atoms with Crippen molar-refractivity contribution in [2.75, 3.05) is 13.2 Å². The normalized spacial score (nSPS) is 18.3. The van der Waals surface area contributed by atoms with E-state index in [1.165, 1.54) is 6.42 Å². The molecule has 0 aromatic rings. The van der Waals surface area contributed by atoms with E-state index in [9.17, 15) is 4.79 Å². The van der Waals surface area contributed by atoms with Crippen molar-refractivity contribution in [3.63, 3.8) is 0 Å². The van der Waals surface area contributed by atoms with Gasteiger partial charge >= 0.3 is 0 Å². The number of carbonyl (C=O) groups is 1. The first-order valence-corrected chi connectivity index (χ1v) is 5.81. The minimum Gasteiger partial charge on any atom is -0.396 e. The number of aliphatic hydroxyl groups excluding tert-OH is 1. The van der Waals surface area contributed by atoms with Crippen LogP contribution in [0.1, 0.15) is 39.0 Å². The maximum absolute atomic E-state index is 11.9. The standard InChI is InChI=1S/C11H22N2O2/c1-9(12)8-11(15)13(6-3-7-14)10-4-2-5-10/h9-10,14H,2-8,12H2,1H3. The summed E-state index contributed by atoms with van der Waals surface area (Å²) >= 11 is 0. The van der Waals surface area contributed by atoms with Crippen LogP contribution in [0.2, 0.25) is 0 Å². The zero-order valence-electron chi connectivity index (χ0n) is 9.48. The van der Waals surface area contributed by atoms with Crippen LogP contribution in [0.3, 0.4) is 0 Å². The predicted molar refractivity (Wildman–Crippen MR) is 59.3 cm³/mol. The Kier molecular flexibility index (Phi) is 5.05. The lowest BCUT2D eigenvalue weighted by Crippen LogP contribution is -2.46. The summed E-state index contributed by atoms with van der Waals surface area (Å²) in [4.78, 5) is 13.8. The molecule has 0 aromatic carbocycles. The van der Waals surface area contributed by atoms with Crippen LogP contribution in [-0.4, -0.2) is 41.1 Å². The molecule has 0 bridgehead atoms. The zero-order chi connectivity index (χ0) is 11.3. The van der Waals surface area contributed by atoms with Crippen molar-refractivity contribution < 1.29 is 9.90 Å². The lowest BCUT2D eigenvalue weighted by molar-refractivity contribution is -0.135. The summed E-state index contributed by atoms with van der Waals surface area (Å²) in [7, 11) is 0. The molecule has 3 N–H and O–H groups in total. The molecular weight excluding hydrogens is 192 g/mol. The molecule has 1 fully saturated rings. The topological polar surface area (TPSA) is 66.6 Å². The summed E-state index contributed by atoms with van der Waals surface area (Å²) in [5, 5.41) is 8.79. The van der Waals surface area contributed by atoms with Gasteiger partial charge in [0.15, 0.2) is 0 Å². The number of aliphatic hydroxyl groups is 1. The summed E-state index contributed by atoms with van der Waals surface area (Å²) in [6.07, 6.45) is 4.51. The second kappa shape index (κ2) is 6.08. The smallest absolute Gasteiger partial charge is 0.224 e. The van der Waals surface area contributed by atoms with Crippen LogP contribution >= 0.6 is 0 Å². The van der Waals surface area contributed by atoms with Crippen LogP contribution in [0.25, 0.3) is 0 Å². The average molecular weight is 214 g/mol. The van der Waals surface area contributed by atoms with Crippen molar-refractivity contribution in [3.8, 4) is 0 Å². The molecule has 1 atom stereocenters. The van der Waals surface area contributed by atoms with Gasteiger partial charge in [0, 0.05) is 31.7 Å². The molecule has 0 aromatic heterocycles. The van der Waals surface area contributed by atoms with Gasteiger partial charge in [-0.25, -0.2) is 0 Å². The molecule has 0 spiro atoms. The Morgan fingerprint density at radius 3 is 2.67 bits per heavy atom.